The zero-order valence-electron chi connectivity index (χ0n) is 15.3. The van der Waals surface area contributed by atoms with E-state index in [0.717, 1.165) is 6.07 Å². The van der Waals surface area contributed by atoms with Crippen molar-refractivity contribution in [3.63, 3.8) is 0 Å². The summed E-state index contributed by atoms with van der Waals surface area (Å²) >= 11 is 5.63. The summed E-state index contributed by atoms with van der Waals surface area (Å²) in [6, 6.07) is 0.537. The number of ether oxygens (including phenoxy) is 2. The predicted octanol–water partition coefficient (Wildman–Crippen LogP) is 2.90. The van der Waals surface area contributed by atoms with Crippen molar-refractivity contribution in [3.05, 3.63) is 22.6 Å². The predicted molar refractivity (Wildman–Crippen MR) is 93.6 cm³/mol. The van der Waals surface area contributed by atoms with E-state index >= 15 is 0 Å². The number of hydrogen-bond acceptors (Lipinski definition) is 5. The van der Waals surface area contributed by atoms with Crippen LogP contribution in [0.3, 0.4) is 0 Å². The first-order chi connectivity index (χ1) is 12.1. The lowest BCUT2D eigenvalue weighted by atomic mass is 10.2. The molecule has 1 unspecified atom stereocenters. The van der Waals surface area contributed by atoms with Crippen LogP contribution in [0.2, 0.25) is 5.15 Å². The van der Waals surface area contributed by atoms with Crippen molar-refractivity contribution in [2.24, 2.45) is 0 Å². The molecule has 1 saturated heterocycles. The first kappa shape index (κ1) is 20.2. The van der Waals surface area contributed by atoms with Crippen molar-refractivity contribution in [2.75, 3.05) is 13.7 Å². The van der Waals surface area contributed by atoms with Gasteiger partial charge >= 0.3 is 6.09 Å². The van der Waals surface area contributed by atoms with E-state index in [1.807, 2.05) is 0 Å². The Kier molecular flexibility index (Phi) is 6.28. The van der Waals surface area contributed by atoms with Crippen LogP contribution in [0.1, 0.15) is 39.2 Å². The molecule has 0 bridgehead atoms. The summed E-state index contributed by atoms with van der Waals surface area (Å²) in [5.74, 6) is -0.911. The molecule has 7 nitrogen and oxygen atoms in total. The average molecular weight is 388 g/mol. The molecule has 2 amide bonds. The van der Waals surface area contributed by atoms with Crippen LogP contribution in [-0.2, 0) is 16.1 Å². The number of rotatable bonds is 4. The van der Waals surface area contributed by atoms with Gasteiger partial charge in [0.05, 0.1) is 7.11 Å². The Hall–Kier alpha value is -2.09. The Morgan fingerprint density at radius 1 is 1.46 bits per heavy atom. The molecule has 144 valence electrons. The monoisotopic (exact) mass is 387 g/mol. The molecule has 0 aromatic carbocycles. The third-order valence-electron chi connectivity index (χ3n) is 3.80. The number of pyridine rings is 1. The third kappa shape index (κ3) is 4.97. The van der Waals surface area contributed by atoms with Crippen molar-refractivity contribution in [1.29, 1.82) is 0 Å². The molecule has 0 saturated carbocycles. The topological polar surface area (TPSA) is 80.8 Å². The molecule has 26 heavy (non-hydrogen) atoms. The highest BCUT2D eigenvalue weighted by molar-refractivity contribution is 6.29. The third-order valence-corrected chi connectivity index (χ3v) is 4.07. The lowest BCUT2D eigenvalue weighted by molar-refractivity contribution is -0.125. The molecule has 2 heterocycles. The van der Waals surface area contributed by atoms with Gasteiger partial charge in [-0.1, -0.05) is 11.6 Å². The molecular formula is C17H23ClFN3O4. The Morgan fingerprint density at radius 2 is 2.15 bits per heavy atom. The van der Waals surface area contributed by atoms with Gasteiger partial charge in [-0.05, 0) is 39.7 Å². The minimum atomic E-state index is -0.701. The van der Waals surface area contributed by atoms with Gasteiger partial charge in [-0.25, -0.2) is 9.18 Å². The summed E-state index contributed by atoms with van der Waals surface area (Å²) in [7, 11) is 1.38. The quantitative estimate of drug-likeness (QED) is 0.803. The summed E-state index contributed by atoms with van der Waals surface area (Å²) in [5, 5.41) is 2.39. The standard InChI is InChI=1S/C17H23ClFN3O4/c1-17(2,3)26-16(24)22-7-5-6-12(22)14(23)20-9-10-8-11(19)13(18)21-15(10)25-4/h8,12H,5-7,9H2,1-4H3,(H,20,23). The number of nitrogens with zero attached hydrogens (tertiary/aromatic N) is 2. The van der Waals surface area contributed by atoms with Gasteiger partial charge in [0.25, 0.3) is 0 Å². The maximum Gasteiger partial charge on any atom is 0.410 e. The van der Waals surface area contributed by atoms with E-state index in [9.17, 15) is 14.0 Å². The minimum absolute atomic E-state index is 0.00174. The number of halogens is 2. The molecule has 0 radical (unpaired) electrons. The molecule has 1 atom stereocenters. The van der Waals surface area contributed by atoms with Crippen molar-refractivity contribution < 1.29 is 23.5 Å². The molecule has 1 N–H and O–H groups in total. The van der Waals surface area contributed by atoms with Gasteiger partial charge in [-0.15, -0.1) is 0 Å². The van der Waals surface area contributed by atoms with Crippen LogP contribution in [0.15, 0.2) is 6.07 Å². The van der Waals surface area contributed by atoms with Crippen molar-refractivity contribution in [3.8, 4) is 5.88 Å². The van der Waals surface area contributed by atoms with Gasteiger partial charge in [-0.3, -0.25) is 9.69 Å². The molecule has 1 aromatic heterocycles. The highest BCUT2D eigenvalue weighted by Gasteiger charge is 2.36. The van der Waals surface area contributed by atoms with Crippen LogP contribution < -0.4 is 10.1 Å². The average Bonchev–Trinajstić information content (AvgIpc) is 3.03. The van der Waals surface area contributed by atoms with E-state index in [1.165, 1.54) is 12.0 Å². The Labute approximate surface area is 156 Å². The van der Waals surface area contributed by atoms with Gasteiger partial charge in [0.15, 0.2) is 11.0 Å². The fourth-order valence-electron chi connectivity index (χ4n) is 2.67. The van der Waals surface area contributed by atoms with E-state index in [0.29, 0.717) is 24.9 Å². The largest absolute Gasteiger partial charge is 0.481 e. The second-order valence-electron chi connectivity index (χ2n) is 6.98. The SMILES string of the molecule is COc1nc(Cl)c(F)cc1CNC(=O)C1CCCN1C(=O)OC(C)(C)C. The van der Waals surface area contributed by atoms with Crippen molar-refractivity contribution in [1.82, 2.24) is 15.2 Å². The summed E-state index contributed by atoms with van der Waals surface area (Å²) in [6.45, 7) is 5.76. The first-order valence-corrected chi connectivity index (χ1v) is 8.66. The smallest absolute Gasteiger partial charge is 0.410 e. The fourth-order valence-corrected chi connectivity index (χ4v) is 2.80. The molecule has 2 rings (SSSR count). The van der Waals surface area contributed by atoms with E-state index in [2.05, 4.69) is 10.3 Å². The first-order valence-electron chi connectivity index (χ1n) is 8.28. The van der Waals surface area contributed by atoms with Gasteiger partial charge in [0.2, 0.25) is 11.8 Å². The van der Waals surface area contributed by atoms with Gasteiger partial charge in [0, 0.05) is 18.7 Å². The maximum atomic E-state index is 13.6. The molecule has 0 spiro atoms. The number of carbonyl (C=O) groups excluding carboxylic acids is 2. The molecule has 1 aliphatic heterocycles. The molecule has 1 aromatic rings. The Morgan fingerprint density at radius 3 is 2.77 bits per heavy atom. The summed E-state index contributed by atoms with van der Waals surface area (Å²) in [5.41, 5.74) is -0.287. The number of amides is 2. The normalized spacial score (nSPS) is 17.2. The number of carbonyl (C=O) groups is 2. The van der Waals surface area contributed by atoms with Crippen LogP contribution in [-0.4, -0.2) is 47.2 Å². The van der Waals surface area contributed by atoms with Crippen LogP contribution in [0.4, 0.5) is 9.18 Å². The summed E-state index contributed by atoms with van der Waals surface area (Å²) in [6.07, 6.45) is 0.722. The van der Waals surface area contributed by atoms with Crippen LogP contribution >= 0.6 is 11.6 Å². The van der Waals surface area contributed by atoms with Gasteiger partial charge < -0.3 is 14.8 Å². The Balaban J connectivity index is 2.03. The zero-order chi connectivity index (χ0) is 19.5. The highest BCUT2D eigenvalue weighted by atomic mass is 35.5. The van der Waals surface area contributed by atoms with Crippen molar-refractivity contribution >= 4 is 23.6 Å². The number of likely N-dealkylation sites (tertiary alicyclic amines) is 1. The van der Waals surface area contributed by atoms with E-state index in [-0.39, 0.29) is 23.5 Å². The van der Waals surface area contributed by atoms with E-state index < -0.39 is 23.6 Å². The van der Waals surface area contributed by atoms with Gasteiger partial charge in [0.1, 0.15) is 11.6 Å². The molecule has 1 aliphatic rings. The molecule has 0 aliphatic carbocycles. The number of aromatic nitrogens is 1. The van der Waals surface area contributed by atoms with Crippen LogP contribution in [0, 0.1) is 5.82 Å². The van der Waals surface area contributed by atoms with E-state index in [4.69, 9.17) is 21.1 Å². The fraction of sp³-hybridized carbons (Fsp3) is 0.588. The molecule has 9 heteroatoms. The second kappa shape index (κ2) is 8.07. The van der Waals surface area contributed by atoms with E-state index in [1.54, 1.807) is 20.8 Å². The lowest BCUT2D eigenvalue weighted by Gasteiger charge is -2.28. The lowest BCUT2D eigenvalue weighted by Crippen LogP contribution is -2.47. The highest BCUT2D eigenvalue weighted by Crippen LogP contribution is 2.23. The van der Waals surface area contributed by atoms with Crippen molar-refractivity contribution in [2.45, 2.75) is 51.8 Å². The summed E-state index contributed by atoms with van der Waals surface area (Å²) in [4.78, 5) is 30.0. The number of hydrogen-bond donors (Lipinski definition) is 1. The zero-order valence-corrected chi connectivity index (χ0v) is 16.0. The number of nitrogens with one attached hydrogen (secondary N) is 1. The second-order valence-corrected chi connectivity index (χ2v) is 7.34. The van der Waals surface area contributed by atoms with Crippen LogP contribution in [0.25, 0.3) is 0 Å². The Bertz CT molecular complexity index is 693. The minimum Gasteiger partial charge on any atom is -0.481 e. The number of methoxy groups -OCH3 is 1. The maximum absolute atomic E-state index is 13.6. The van der Waals surface area contributed by atoms with Gasteiger partial charge in [-0.2, -0.15) is 4.98 Å². The summed E-state index contributed by atoms with van der Waals surface area (Å²) < 4.78 is 24.0. The molecular weight excluding hydrogens is 365 g/mol. The van der Waals surface area contributed by atoms with Crippen LogP contribution in [0.5, 0.6) is 5.88 Å². The molecule has 1 fully saturated rings.